The fourth-order valence-electron chi connectivity index (χ4n) is 3.25. The Balaban J connectivity index is 1.45. The van der Waals surface area contributed by atoms with Gasteiger partial charge in [-0.05, 0) is 59.8 Å². The lowest BCUT2D eigenvalue weighted by Crippen LogP contribution is -2.36. The van der Waals surface area contributed by atoms with E-state index in [0.29, 0.717) is 33.7 Å². The summed E-state index contributed by atoms with van der Waals surface area (Å²) in [7, 11) is 0. The van der Waals surface area contributed by atoms with Crippen LogP contribution in [-0.4, -0.2) is 28.5 Å². The van der Waals surface area contributed by atoms with E-state index in [-0.39, 0.29) is 4.91 Å². The minimum absolute atomic E-state index is 0.0790. The van der Waals surface area contributed by atoms with Crippen molar-refractivity contribution in [2.45, 2.75) is 6.18 Å². The van der Waals surface area contributed by atoms with Crippen molar-refractivity contribution < 1.29 is 32.3 Å². The number of thioether (sulfide) groups is 1. The van der Waals surface area contributed by atoms with Crippen LogP contribution in [0.25, 0.3) is 6.08 Å². The van der Waals surface area contributed by atoms with Crippen molar-refractivity contribution in [1.29, 1.82) is 0 Å². The zero-order chi connectivity index (χ0) is 25.0. The van der Waals surface area contributed by atoms with Crippen LogP contribution in [0.3, 0.4) is 0 Å². The van der Waals surface area contributed by atoms with Gasteiger partial charge in [-0.1, -0.05) is 42.5 Å². The van der Waals surface area contributed by atoms with Gasteiger partial charge < -0.3 is 10.1 Å². The number of nitrogens with one attached hydrogen (secondary N) is 1. The van der Waals surface area contributed by atoms with Crippen LogP contribution in [0.1, 0.15) is 11.1 Å². The molecule has 1 N–H and O–H groups in total. The number of carbonyl (C=O) groups excluding carboxylic acids is 3. The minimum atomic E-state index is -4.67. The van der Waals surface area contributed by atoms with E-state index in [9.17, 15) is 27.6 Å². The summed E-state index contributed by atoms with van der Waals surface area (Å²) >= 11 is 0.640. The molecule has 0 radical (unpaired) electrons. The number of anilines is 1. The summed E-state index contributed by atoms with van der Waals surface area (Å²) in [5.74, 6) is -0.493. The van der Waals surface area contributed by atoms with Crippen molar-refractivity contribution in [2.75, 3.05) is 11.9 Å². The highest BCUT2D eigenvalue weighted by molar-refractivity contribution is 8.18. The fourth-order valence-corrected chi connectivity index (χ4v) is 4.09. The largest absolute Gasteiger partial charge is 0.457 e. The topological polar surface area (TPSA) is 75.7 Å². The minimum Gasteiger partial charge on any atom is -0.457 e. The molecule has 1 heterocycles. The van der Waals surface area contributed by atoms with Crippen molar-refractivity contribution in [3.63, 3.8) is 0 Å². The molecule has 0 unspecified atom stereocenters. The van der Waals surface area contributed by atoms with E-state index in [1.165, 1.54) is 18.2 Å². The molecule has 1 saturated heterocycles. The lowest BCUT2D eigenvalue weighted by Gasteiger charge is -2.15. The van der Waals surface area contributed by atoms with E-state index in [1.807, 2.05) is 18.2 Å². The highest BCUT2D eigenvalue weighted by Gasteiger charge is 2.37. The quantitative estimate of drug-likeness (QED) is 0.411. The molecule has 0 saturated carbocycles. The van der Waals surface area contributed by atoms with E-state index in [2.05, 4.69) is 5.32 Å². The second-order valence-electron chi connectivity index (χ2n) is 7.35. The van der Waals surface area contributed by atoms with Crippen molar-refractivity contribution in [3.05, 3.63) is 94.9 Å². The first kappa shape index (κ1) is 24.1. The highest BCUT2D eigenvalue weighted by atomic mass is 32.2. The smallest absolute Gasteiger partial charge is 0.418 e. The Morgan fingerprint density at radius 3 is 2.37 bits per heavy atom. The predicted octanol–water partition coefficient (Wildman–Crippen LogP) is 6.17. The van der Waals surface area contributed by atoms with Crippen molar-refractivity contribution in [3.8, 4) is 11.5 Å². The number of hydrogen-bond donors (Lipinski definition) is 1. The molecule has 6 nitrogen and oxygen atoms in total. The number of hydrogen-bond acceptors (Lipinski definition) is 5. The van der Waals surface area contributed by atoms with E-state index in [0.717, 1.165) is 12.1 Å². The first-order valence-corrected chi connectivity index (χ1v) is 11.1. The number of para-hydroxylation sites is 2. The van der Waals surface area contributed by atoms with Gasteiger partial charge >= 0.3 is 6.18 Å². The van der Waals surface area contributed by atoms with Crippen LogP contribution in [0.5, 0.6) is 11.5 Å². The molecule has 4 rings (SSSR count). The van der Waals surface area contributed by atoms with Gasteiger partial charge in [-0.3, -0.25) is 19.3 Å². The number of benzene rings is 3. The number of imide groups is 1. The van der Waals surface area contributed by atoms with Gasteiger partial charge in [0.05, 0.1) is 16.2 Å². The molecule has 0 bridgehead atoms. The molecule has 0 aliphatic carbocycles. The number of carbonyl (C=O) groups is 3. The molecule has 3 amide bonds. The molecule has 0 atom stereocenters. The molecule has 1 fully saturated rings. The summed E-state index contributed by atoms with van der Waals surface area (Å²) < 4.78 is 45.2. The summed E-state index contributed by atoms with van der Waals surface area (Å²) in [6.45, 7) is -0.717. The van der Waals surface area contributed by atoms with Gasteiger partial charge in [0, 0.05) is 0 Å². The second kappa shape index (κ2) is 10.1. The SMILES string of the molecule is O=C(CN1C(=O)S/C(=C\c2cccc(Oc3ccccc3)c2)C1=O)Nc1ccccc1C(F)(F)F. The van der Waals surface area contributed by atoms with Crippen LogP contribution < -0.4 is 10.1 Å². The zero-order valence-corrected chi connectivity index (χ0v) is 18.7. The van der Waals surface area contributed by atoms with Crippen molar-refractivity contribution in [1.82, 2.24) is 4.90 Å². The third-order valence-electron chi connectivity index (χ3n) is 4.82. The van der Waals surface area contributed by atoms with Crippen LogP contribution in [-0.2, 0) is 15.8 Å². The van der Waals surface area contributed by atoms with E-state index >= 15 is 0 Å². The van der Waals surface area contributed by atoms with Gasteiger partial charge in [-0.15, -0.1) is 0 Å². The summed E-state index contributed by atoms with van der Waals surface area (Å²) in [6.07, 6.45) is -3.19. The van der Waals surface area contributed by atoms with Gasteiger partial charge in [-0.2, -0.15) is 13.2 Å². The Morgan fingerprint density at radius 1 is 0.943 bits per heavy atom. The van der Waals surface area contributed by atoms with E-state index in [4.69, 9.17) is 4.74 Å². The van der Waals surface area contributed by atoms with Gasteiger partial charge in [0.1, 0.15) is 18.0 Å². The standard InChI is InChI=1S/C25H17F3N2O4S/c26-25(27,28)19-11-4-5-12-20(19)29-22(31)15-30-23(32)21(35-24(30)33)14-16-7-6-10-18(13-16)34-17-8-2-1-3-9-17/h1-14H,15H2,(H,29,31)/b21-14-. The van der Waals surface area contributed by atoms with Gasteiger partial charge in [0.25, 0.3) is 11.1 Å². The third-order valence-corrected chi connectivity index (χ3v) is 5.72. The summed E-state index contributed by atoms with van der Waals surface area (Å²) in [4.78, 5) is 38.2. The summed E-state index contributed by atoms with van der Waals surface area (Å²) in [5, 5.41) is 1.43. The average Bonchev–Trinajstić information content (AvgIpc) is 3.07. The molecule has 0 spiro atoms. The molecule has 1 aliphatic heterocycles. The highest BCUT2D eigenvalue weighted by Crippen LogP contribution is 2.35. The Kier molecular flexibility index (Phi) is 6.92. The monoisotopic (exact) mass is 498 g/mol. The third kappa shape index (κ3) is 5.90. The molecular weight excluding hydrogens is 481 g/mol. The Bertz CT molecular complexity index is 1310. The molecule has 3 aromatic carbocycles. The number of rotatable bonds is 6. The molecule has 3 aromatic rings. The van der Waals surface area contributed by atoms with Crippen LogP contribution in [0.15, 0.2) is 83.8 Å². The second-order valence-corrected chi connectivity index (χ2v) is 8.34. The van der Waals surface area contributed by atoms with Gasteiger partial charge in [0.2, 0.25) is 5.91 Å². The predicted molar refractivity (Wildman–Crippen MR) is 126 cm³/mol. The molecular formula is C25H17F3N2O4S. The maximum absolute atomic E-state index is 13.1. The summed E-state index contributed by atoms with van der Waals surface area (Å²) in [6, 6.07) is 20.4. The zero-order valence-electron chi connectivity index (χ0n) is 17.9. The fraction of sp³-hybridized carbons (Fsp3) is 0.0800. The maximum Gasteiger partial charge on any atom is 0.418 e. The molecule has 35 heavy (non-hydrogen) atoms. The van der Waals surface area contributed by atoms with Crippen LogP contribution in [0, 0.1) is 0 Å². The molecule has 178 valence electrons. The number of alkyl halides is 3. The van der Waals surface area contributed by atoms with Crippen LogP contribution in [0.4, 0.5) is 23.7 Å². The Labute approximate surface area is 202 Å². The first-order valence-electron chi connectivity index (χ1n) is 10.2. The number of amides is 3. The molecule has 1 aliphatic rings. The van der Waals surface area contributed by atoms with Crippen molar-refractivity contribution in [2.24, 2.45) is 0 Å². The average molecular weight is 498 g/mol. The van der Waals surface area contributed by atoms with E-state index in [1.54, 1.807) is 36.4 Å². The normalized spacial score (nSPS) is 14.9. The van der Waals surface area contributed by atoms with Gasteiger partial charge in [-0.25, -0.2) is 0 Å². The Morgan fingerprint density at radius 2 is 1.63 bits per heavy atom. The van der Waals surface area contributed by atoms with E-state index < -0.39 is 41.0 Å². The first-order chi connectivity index (χ1) is 16.7. The maximum atomic E-state index is 13.1. The molecule has 10 heteroatoms. The molecule has 0 aromatic heterocycles. The number of nitrogens with zero attached hydrogens (tertiary/aromatic N) is 1. The Hall–Kier alpha value is -4.05. The lowest BCUT2D eigenvalue weighted by molar-refractivity contribution is -0.137. The summed E-state index contributed by atoms with van der Waals surface area (Å²) in [5.41, 5.74) is -0.893. The van der Waals surface area contributed by atoms with Crippen molar-refractivity contribution >= 4 is 40.6 Å². The number of halogens is 3. The lowest BCUT2D eigenvalue weighted by atomic mass is 10.1. The van der Waals surface area contributed by atoms with Crippen LogP contribution >= 0.6 is 11.8 Å². The van der Waals surface area contributed by atoms with Crippen LogP contribution in [0.2, 0.25) is 0 Å². The number of ether oxygens (including phenoxy) is 1. The van der Waals surface area contributed by atoms with Gasteiger partial charge in [0.15, 0.2) is 0 Å².